The Bertz CT molecular complexity index is 75.5. The second kappa shape index (κ2) is 2.74. The van der Waals surface area contributed by atoms with Gasteiger partial charge in [-0.05, 0) is 0 Å². The SMILES string of the molecule is [F][Cu]([F])([F])[CH]=CBr. The molecular weight excluding hydrogens is 224 g/mol. The molecule has 0 radical (unpaired) electrons. The topological polar surface area (TPSA) is 0 Å². The molecule has 0 aliphatic rings. The van der Waals surface area contributed by atoms with Crippen molar-refractivity contribution in [2.45, 2.75) is 0 Å². The van der Waals surface area contributed by atoms with Gasteiger partial charge in [0.15, 0.2) is 0 Å². The molecule has 0 heterocycles. The van der Waals surface area contributed by atoms with Crippen molar-refractivity contribution >= 4 is 15.9 Å². The van der Waals surface area contributed by atoms with E-state index in [0.29, 0.717) is 0 Å². The molecule has 0 aliphatic carbocycles. The molecule has 0 rings (SSSR count). The Labute approximate surface area is 51.1 Å². The fourth-order valence-corrected chi connectivity index (χ4v) is 0.923. The first-order chi connectivity index (χ1) is 3.06. The molecule has 5 heteroatoms. The summed E-state index contributed by atoms with van der Waals surface area (Å²) in [4.78, 5) is 0.988. The first-order valence-electron chi connectivity index (χ1n) is 1.07. The van der Waals surface area contributed by atoms with E-state index in [1.54, 1.807) is 0 Å². The van der Waals surface area contributed by atoms with Gasteiger partial charge in [0, 0.05) is 0 Å². The summed E-state index contributed by atoms with van der Waals surface area (Å²) in [5.41, 5.74) is 0. The van der Waals surface area contributed by atoms with E-state index >= 15 is 0 Å². The van der Waals surface area contributed by atoms with Crippen LogP contribution >= 0.6 is 15.9 Å². The summed E-state index contributed by atoms with van der Waals surface area (Å²) in [6.07, 6.45) is 0. The first kappa shape index (κ1) is 7.53. The first-order valence-corrected chi connectivity index (χ1v) is 3.59. The van der Waals surface area contributed by atoms with Crippen molar-refractivity contribution in [3.8, 4) is 0 Å². The van der Waals surface area contributed by atoms with Crippen LogP contribution in [0.25, 0.3) is 0 Å². The molecule has 0 unspecified atom stereocenters. The van der Waals surface area contributed by atoms with Crippen LogP contribution in [0.1, 0.15) is 0 Å². The van der Waals surface area contributed by atoms with E-state index in [4.69, 9.17) is 0 Å². The summed E-state index contributed by atoms with van der Waals surface area (Å²) in [5.74, 6) is 0. The van der Waals surface area contributed by atoms with Crippen molar-refractivity contribution in [1.29, 1.82) is 0 Å². The average Bonchev–Trinajstić information content (AvgIpc) is 1.30. The Morgan fingerprint density at radius 3 is 1.71 bits per heavy atom. The third-order valence-electron chi connectivity index (χ3n) is 0.152. The quantitative estimate of drug-likeness (QED) is 0.603. The van der Waals surface area contributed by atoms with E-state index < -0.39 is 14.2 Å². The summed E-state index contributed by atoms with van der Waals surface area (Å²) in [6.45, 7) is 0. The van der Waals surface area contributed by atoms with Crippen molar-refractivity contribution in [3.05, 3.63) is 9.96 Å². The van der Waals surface area contributed by atoms with E-state index in [1.807, 2.05) is 0 Å². The van der Waals surface area contributed by atoms with Crippen LogP contribution < -0.4 is 0 Å². The Hall–Kier alpha value is 0.529. The summed E-state index contributed by atoms with van der Waals surface area (Å²) in [5, 5.41) is 0. The van der Waals surface area contributed by atoms with Gasteiger partial charge in [0.25, 0.3) is 0 Å². The van der Waals surface area contributed by atoms with Gasteiger partial charge in [-0.2, -0.15) is 0 Å². The molecule has 7 heavy (non-hydrogen) atoms. The molecule has 0 nitrogen and oxygen atoms in total. The van der Waals surface area contributed by atoms with Crippen LogP contribution in [0.3, 0.4) is 0 Å². The van der Waals surface area contributed by atoms with E-state index in [-0.39, 0.29) is 4.97 Å². The Morgan fingerprint density at radius 1 is 1.29 bits per heavy atom. The maximum atomic E-state index is 11.0. The third-order valence-corrected chi connectivity index (χ3v) is 1.28. The van der Waals surface area contributed by atoms with Crippen molar-refractivity contribution in [2.24, 2.45) is 0 Å². The van der Waals surface area contributed by atoms with Gasteiger partial charge < -0.3 is 0 Å². The predicted molar refractivity (Wildman–Crippen MR) is 21.4 cm³/mol. The van der Waals surface area contributed by atoms with Gasteiger partial charge in [0.1, 0.15) is 0 Å². The van der Waals surface area contributed by atoms with Crippen LogP contribution in [-0.4, -0.2) is 0 Å². The second-order valence-corrected chi connectivity index (χ2v) is 2.42. The molecule has 0 amide bonds. The van der Waals surface area contributed by atoms with Crippen LogP contribution in [0.5, 0.6) is 0 Å². The minimum atomic E-state index is -4.86. The average molecular weight is 226 g/mol. The van der Waals surface area contributed by atoms with E-state index in [9.17, 15) is 10.7 Å². The molecule has 49 valence electrons. The number of hydrogen-bond donors (Lipinski definition) is 0. The molecule has 0 fully saturated rings. The molecule has 0 atom stereocenters. The van der Waals surface area contributed by atoms with E-state index in [0.717, 1.165) is 4.99 Å². The molecule has 0 aromatic rings. The minimum absolute atomic E-state index is 0.182. The van der Waals surface area contributed by atoms with Gasteiger partial charge >= 0.3 is 50.8 Å². The summed E-state index contributed by atoms with van der Waals surface area (Å²) in [6, 6.07) is 0. The number of hydrogen-bond acceptors (Lipinski definition) is 0. The van der Waals surface area contributed by atoms with Gasteiger partial charge in [-0.1, -0.05) is 0 Å². The fraction of sp³-hybridized carbons (Fsp3) is 0. The molecule has 0 aromatic heterocycles. The van der Waals surface area contributed by atoms with Crippen LogP contribution in [0.4, 0.5) is 10.7 Å². The Kier molecular flexibility index (Phi) is 2.95. The zero-order valence-corrected chi connectivity index (χ0v) is 5.50. The molecule has 0 saturated heterocycles. The molecule has 0 bridgehead atoms. The van der Waals surface area contributed by atoms with Crippen molar-refractivity contribution in [2.75, 3.05) is 0 Å². The van der Waals surface area contributed by atoms with E-state index in [2.05, 4.69) is 15.9 Å². The Morgan fingerprint density at radius 2 is 1.71 bits per heavy atom. The van der Waals surface area contributed by atoms with Gasteiger partial charge in [-0.3, -0.25) is 0 Å². The zero-order valence-electron chi connectivity index (χ0n) is 2.97. The predicted octanol–water partition coefficient (Wildman–Crippen LogP) is 2.66. The van der Waals surface area contributed by atoms with Crippen LogP contribution in [0, 0.1) is 0 Å². The zero-order chi connectivity index (χ0) is 5.91. The van der Waals surface area contributed by atoms with Gasteiger partial charge in [-0.25, -0.2) is 0 Å². The normalized spacial score (nSPS) is 15.4. The number of rotatable bonds is 1. The van der Waals surface area contributed by atoms with Gasteiger partial charge in [0.05, 0.1) is 0 Å². The van der Waals surface area contributed by atoms with Crippen LogP contribution in [0.2, 0.25) is 0 Å². The summed E-state index contributed by atoms with van der Waals surface area (Å²) < 4.78 is 33.1. The maximum absolute atomic E-state index is 11.0. The van der Waals surface area contributed by atoms with Crippen molar-refractivity contribution in [3.63, 3.8) is 0 Å². The third kappa shape index (κ3) is 6.53. The summed E-state index contributed by atoms with van der Waals surface area (Å²) in [7, 11) is 0. The van der Waals surface area contributed by atoms with E-state index in [1.165, 1.54) is 0 Å². The van der Waals surface area contributed by atoms with Crippen molar-refractivity contribution in [1.82, 2.24) is 0 Å². The summed E-state index contributed by atoms with van der Waals surface area (Å²) >= 11 is -2.35. The molecule has 0 aromatic carbocycles. The molecule has 0 spiro atoms. The standard InChI is InChI=1S/C2H2Br.Cu.3FH/c1-2-3;;;;/h1-2H;;3*1H/q;+3;;;/p-3. The molecule has 0 aliphatic heterocycles. The second-order valence-electron chi connectivity index (χ2n) is 0.553. The monoisotopic (exact) mass is 225 g/mol. The van der Waals surface area contributed by atoms with Crippen LogP contribution in [-0.2, 0) is 14.2 Å². The fourth-order valence-electron chi connectivity index (χ4n) is 0.0431. The van der Waals surface area contributed by atoms with Gasteiger partial charge in [-0.15, -0.1) is 0 Å². The van der Waals surface area contributed by atoms with Crippen molar-refractivity contribution < 1.29 is 24.9 Å². The Balaban J connectivity index is 3.56. The molecule has 0 N–H and O–H groups in total. The van der Waals surface area contributed by atoms with Gasteiger partial charge in [0.2, 0.25) is 0 Å². The number of halogens is 4. The molecular formula is C2H2BrCuF3. The van der Waals surface area contributed by atoms with Crippen LogP contribution in [0.15, 0.2) is 9.96 Å². The molecule has 0 saturated carbocycles.